The molecule has 2 aromatic rings. The molecule has 1 aromatic heterocycles. The molecule has 1 aliphatic rings. The summed E-state index contributed by atoms with van der Waals surface area (Å²) in [7, 11) is 0. The Morgan fingerprint density at radius 1 is 1.06 bits per heavy atom. The van der Waals surface area contributed by atoms with Gasteiger partial charge in [-0.15, -0.1) is 11.3 Å². The largest absolute Gasteiger partial charge is 0.484 e. The molecule has 1 N–H and O–H groups in total. The average Bonchev–Trinajstić information content (AvgIpc) is 3.26. The van der Waals surface area contributed by atoms with Crippen LogP contribution in [0.5, 0.6) is 5.75 Å². The number of nitrogens with zero attached hydrogens (tertiary/aromatic N) is 2. The molecule has 0 saturated carbocycles. The SMILES string of the molecule is CCCC(C)(C)CNCC(C)(C)CC(C)(C)Oc1c(-c2csc(N3CCOCC3)n2)ccc(F)c1F. The predicted molar refractivity (Wildman–Crippen MR) is 145 cm³/mol. The van der Waals surface area contributed by atoms with Crippen molar-refractivity contribution in [2.24, 2.45) is 10.8 Å². The fourth-order valence-electron chi connectivity index (χ4n) is 5.15. The van der Waals surface area contributed by atoms with E-state index < -0.39 is 17.2 Å². The summed E-state index contributed by atoms with van der Waals surface area (Å²) in [6, 6.07) is 2.70. The van der Waals surface area contributed by atoms with E-state index in [1.807, 2.05) is 19.2 Å². The Morgan fingerprint density at radius 3 is 2.39 bits per heavy atom. The van der Waals surface area contributed by atoms with E-state index in [-0.39, 0.29) is 16.6 Å². The van der Waals surface area contributed by atoms with Gasteiger partial charge in [-0.3, -0.25) is 0 Å². The molecule has 3 rings (SSSR count). The second-order valence-electron chi connectivity index (χ2n) is 12.1. The second-order valence-corrected chi connectivity index (χ2v) is 12.9. The van der Waals surface area contributed by atoms with Crippen molar-refractivity contribution in [3.8, 4) is 17.0 Å². The summed E-state index contributed by atoms with van der Waals surface area (Å²) in [5.41, 5.74) is 0.459. The molecular formula is C28H43F2N3O2S. The molecule has 8 heteroatoms. The van der Waals surface area contributed by atoms with E-state index in [4.69, 9.17) is 14.5 Å². The molecular weight excluding hydrogens is 480 g/mol. The first-order valence-electron chi connectivity index (χ1n) is 13.0. The number of thiazole rings is 1. The van der Waals surface area contributed by atoms with E-state index in [2.05, 4.69) is 44.8 Å². The van der Waals surface area contributed by atoms with E-state index in [0.29, 0.717) is 30.9 Å². The summed E-state index contributed by atoms with van der Waals surface area (Å²) in [6.07, 6.45) is 2.99. The lowest BCUT2D eigenvalue weighted by Gasteiger charge is -2.37. The Bertz CT molecular complexity index is 1000. The topological polar surface area (TPSA) is 46.6 Å². The van der Waals surface area contributed by atoms with Crippen molar-refractivity contribution in [1.82, 2.24) is 10.3 Å². The quantitative estimate of drug-likeness (QED) is 0.327. The number of benzene rings is 1. The maximum absolute atomic E-state index is 15.1. The Kier molecular flexibility index (Phi) is 9.39. The predicted octanol–water partition coefficient (Wildman–Crippen LogP) is 6.91. The van der Waals surface area contributed by atoms with Crippen molar-refractivity contribution in [2.75, 3.05) is 44.3 Å². The third-order valence-electron chi connectivity index (χ3n) is 6.52. The summed E-state index contributed by atoms with van der Waals surface area (Å²) in [4.78, 5) is 6.88. The molecule has 0 unspecified atom stereocenters. The van der Waals surface area contributed by atoms with Gasteiger partial charge in [-0.2, -0.15) is 4.39 Å². The number of halogens is 2. The van der Waals surface area contributed by atoms with Crippen LogP contribution in [0, 0.1) is 22.5 Å². The summed E-state index contributed by atoms with van der Waals surface area (Å²) in [5.74, 6) is -1.97. The van der Waals surface area contributed by atoms with Crippen LogP contribution in [0.3, 0.4) is 0 Å². The number of ether oxygens (including phenoxy) is 2. The number of hydrogen-bond donors (Lipinski definition) is 1. The molecule has 0 aliphatic carbocycles. The van der Waals surface area contributed by atoms with E-state index in [1.165, 1.54) is 17.8 Å². The monoisotopic (exact) mass is 523 g/mol. The van der Waals surface area contributed by atoms with Crippen LogP contribution in [-0.4, -0.2) is 50.0 Å². The van der Waals surface area contributed by atoms with E-state index in [1.54, 1.807) is 6.07 Å². The molecule has 1 aliphatic heterocycles. The van der Waals surface area contributed by atoms with Gasteiger partial charge >= 0.3 is 0 Å². The van der Waals surface area contributed by atoms with Gasteiger partial charge in [0.25, 0.3) is 0 Å². The first-order chi connectivity index (χ1) is 16.8. The van der Waals surface area contributed by atoms with E-state index >= 15 is 4.39 Å². The van der Waals surface area contributed by atoms with Crippen LogP contribution in [-0.2, 0) is 4.74 Å². The lowest BCUT2D eigenvalue weighted by atomic mass is 9.81. The van der Waals surface area contributed by atoms with Crippen LogP contribution >= 0.6 is 11.3 Å². The Balaban J connectivity index is 1.75. The van der Waals surface area contributed by atoms with Gasteiger partial charge < -0.3 is 19.7 Å². The molecule has 0 bridgehead atoms. The third kappa shape index (κ3) is 7.86. The van der Waals surface area contributed by atoms with Gasteiger partial charge in [0, 0.05) is 37.1 Å². The molecule has 0 radical (unpaired) electrons. The van der Waals surface area contributed by atoms with Gasteiger partial charge in [-0.05, 0) is 49.7 Å². The third-order valence-corrected chi connectivity index (χ3v) is 7.42. The molecule has 0 atom stereocenters. The fourth-order valence-corrected chi connectivity index (χ4v) is 6.03. The average molecular weight is 524 g/mol. The Labute approximate surface area is 219 Å². The molecule has 5 nitrogen and oxygen atoms in total. The van der Waals surface area contributed by atoms with Crippen LogP contribution in [0.1, 0.15) is 67.7 Å². The summed E-state index contributed by atoms with van der Waals surface area (Å²) < 4.78 is 41.1. The molecule has 1 aromatic carbocycles. The number of nitrogens with one attached hydrogen (secondary N) is 1. The van der Waals surface area contributed by atoms with Crippen molar-refractivity contribution in [3.63, 3.8) is 0 Å². The minimum atomic E-state index is -0.973. The van der Waals surface area contributed by atoms with Crippen LogP contribution < -0.4 is 15.0 Å². The van der Waals surface area contributed by atoms with Gasteiger partial charge in [0.1, 0.15) is 5.60 Å². The number of anilines is 1. The lowest BCUT2D eigenvalue weighted by Crippen LogP contribution is -2.41. The summed E-state index contributed by atoms with van der Waals surface area (Å²) >= 11 is 1.49. The summed E-state index contributed by atoms with van der Waals surface area (Å²) in [5, 5.41) is 6.34. The fraction of sp³-hybridized carbons (Fsp3) is 0.679. The number of aromatic nitrogens is 1. The lowest BCUT2D eigenvalue weighted by molar-refractivity contribution is 0.0514. The highest BCUT2D eigenvalue weighted by Gasteiger charge is 2.33. The second kappa shape index (κ2) is 11.7. The number of hydrogen-bond acceptors (Lipinski definition) is 6. The molecule has 0 spiro atoms. The van der Waals surface area contributed by atoms with Crippen LogP contribution in [0.25, 0.3) is 11.3 Å². The maximum atomic E-state index is 15.1. The normalized spacial score (nSPS) is 15.4. The van der Waals surface area contributed by atoms with Crippen LogP contribution in [0.2, 0.25) is 0 Å². The minimum Gasteiger partial charge on any atom is -0.484 e. The standard InChI is InChI=1S/C28H43F2N3O2S/c1-8-11-26(2,3)18-31-19-27(4,5)17-28(6,7)35-24-20(9-10-21(29)23(24)30)22-16-36-25(32-22)33-12-14-34-15-13-33/h9-10,16,31H,8,11-15,17-19H2,1-7H3. The highest BCUT2D eigenvalue weighted by Crippen LogP contribution is 2.40. The highest BCUT2D eigenvalue weighted by atomic mass is 32.1. The first-order valence-corrected chi connectivity index (χ1v) is 13.9. The zero-order chi connectivity index (χ0) is 26.6. The van der Waals surface area contributed by atoms with Gasteiger partial charge in [0.05, 0.1) is 18.9 Å². The molecule has 1 saturated heterocycles. The van der Waals surface area contributed by atoms with E-state index in [9.17, 15) is 4.39 Å². The van der Waals surface area contributed by atoms with Crippen molar-refractivity contribution < 1.29 is 18.3 Å². The smallest absolute Gasteiger partial charge is 0.201 e. The Morgan fingerprint density at radius 2 is 1.72 bits per heavy atom. The van der Waals surface area contributed by atoms with Crippen LogP contribution in [0.15, 0.2) is 17.5 Å². The Hall–Kier alpha value is -1.77. The zero-order valence-corrected chi connectivity index (χ0v) is 23.8. The number of morpholine rings is 1. The van der Waals surface area contributed by atoms with Gasteiger partial charge in [0.15, 0.2) is 16.7 Å². The van der Waals surface area contributed by atoms with Crippen molar-refractivity contribution in [1.29, 1.82) is 0 Å². The maximum Gasteiger partial charge on any atom is 0.201 e. The molecule has 202 valence electrons. The molecule has 1 fully saturated rings. The van der Waals surface area contributed by atoms with Gasteiger partial charge in [-0.1, -0.05) is 41.0 Å². The van der Waals surface area contributed by atoms with Crippen molar-refractivity contribution >= 4 is 16.5 Å². The minimum absolute atomic E-state index is 0.0772. The molecule has 0 amide bonds. The first kappa shape index (κ1) is 28.8. The van der Waals surface area contributed by atoms with Crippen LogP contribution in [0.4, 0.5) is 13.9 Å². The molecule has 2 heterocycles. The zero-order valence-electron chi connectivity index (χ0n) is 23.0. The van der Waals surface area contributed by atoms with Gasteiger partial charge in [0.2, 0.25) is 5.82 Å². The van der Waals surface area contributed by atoms with Crippen molar-refractivity contribution in [3.05, 3.63) is 29.1 Å². The van der Waals surface area contributed by atoms with Crippen molar-refractivity contribution in [2.45, 2.75) is 73.3 Å². The molecule has 36 heavy (non-hydrogen) atoms. The summed E-state index contributed by atoms with van der Waals surface area (Å²) in [6.45, 7) is 19.6. The number of rotatable bonds is 12. The highest BCUT2D eigenvalue weighted by molar-refractivity contribution is 7.14. The van der Waals surface area contributed by atoms with E-state index in [0.717, 1.165) is 43.8 Å². The van der Waals surface area contributed by atoms with Gasteiger partial charge in [-0.25, -0.2) is 9.37 Å².